The molecule has 5 nitrogen and oxygen atoms in total. The predicted molar refractivity (Wildman–Crippen MR) is 111 cm³/mol. The van der Waals surface area contributed by atoms with E-state index in [2.05, 4.69) is 23.6 Å². The molecule has 118 valence electrons. The first-order valence-corrected chi connectivity index (χ1v) is 10.1. The van der Waals surface area contributed by atoms with Crippen molar-refractivity contribution in [3.05, 3.63) is 0 Å². The molecule has 0 aromatic rings. The second-order valence-electron chi connectivity index (χ2n) is 3.04. The number of halogens is 3. The van der Waals surface area contributed by atoms with Crippen LogP contribution in [-0.4, -0.2) is 43.8 Å². The fourth-order valence-electron chi connectivity index (χ4n) is 0.511. The van der Waals surface area contributed by atoms with E-state index in [1.165, 1.54) is 0 Å². The van der Waals surface area contributed by atoms with Crippen LogP contribution in [0.25, 0.3) is 0 Å². The van der Waals surface area contributed by atoms with Gasteiger partial charge in [-0.2, -0.15) is 0 Å². The van der Waals surface area contributed by atoms with Crippen LogP contribution >= 0.6 is 67.8 Å². The molecule has 8 heteroatoms. The molecule has 21 heavy (non-hydrogen) atoms. The van der Waals surface area contributed by atoms with E-state index >= 15 is 0 Å². The van der Waals surface area contributed by atoms with Gasteiger partial charge in [-0.05, 0) is 0 Å². The van der Waals surface area contributed by atoms with E-state index in [-0.39, 0.29) is 23.9 Å². The Labute approximate surface area is 166 Å². The topological polar surface area (TPSA) is 89.3 Å². The summed E-state index contributed by atoms with van der Waals surface area (Å²) in [4.78, 5) is 31.5. The van der Waals surface area contributed by atoms with Crippen molar-refractivity contribution in [2.75, 3.05) is 26.4 Å². The first-order chi connectivity index (χ1) is 9.92. The summed E-state index contributed by atoms with van der Waals surface area (Å²) in [6.07, 6.45) is 9.63. The van der Waals surface area contributed by atoms with Crippen LogP contribution in [-0.2, 0) is 14.4 Å². The van der Waals surface area contributed by atoms with Gasteiger partial charge in [-0.25, -0.2) is 0 Å². The molecule has 0 saturated heterocycles. The van der Waals surface area contributed by atoms with Crippen LogP contribution in [0.3, 0.4) is 0 Å². The van der Waals surface area contributed by atoms with Crippen LogP contribution in [0, 0.1) is 24.7 Å². The van der Waals surface area contributed by atoms with E-state index in [4.69, 9.17) is 12.2 Å². The molecule has 3 N–H and O–H groups in total. The first-order valence-electron chi connectivity index (χ1n) is 5.48. The largest absolute Gasteiger partial charge is 0.345 e. The monoisotopic (exact) mass is 630 g/mol. The van der Waals surface area contributed by atoms with E-state index in [1.54, 1.807) is 0 Å². The minimum Gasteiger partial charge on any atom is -0.345 e. The summed E-state index contributed by atoms with van der Waals surface area (Å²) in [5.41, 5.74) is 4.79. The third kappa shape index (κ3) is 28.9. The van der Waals surface area contributed by atoms with Crippen molar-refractivity contribution in [2.24, 2.45) is 5.73 Å². The van der Waals surface area contributed by atoms with E-state index in [0.29, 0.717) is 26.4 Å². The fourth-order valence-corrected chi connectivity index (χ4v) is 1.32. The summed E-state index contributed by atoms with van der Waals surface area (Å²) in [6, 6.07) is 0. The van der Waals surface area contributed by atoms with E-state index in [0.717, 1.165) is 0 Å². The Morgan fingerprint density at radius 1 is 0.952 bits per heavy atom. The molecule has 0 radical (unpaired) electrons. The van der Waals surface area contributed by atoms with Crippen LogP contribution in [0.4, 0.5) is 0 Å². The summed E-state index contributed by atoms with van der Waals surface area (Å²) in [5.74, 6) is 4.55. The summed E-state index contributed by atoms with van der Waals surface area (Å²) in [5, 5.41) is 2.50. The van der Waals surface area contributed by atoms with Gasteiger partial charge in [0.1, 0.15) is 11.6 Å². The number of nitrogens with two attached hydrogens (primary N) is 1. The van der Waals surface area contributed by atoms with Crippen LogP contribution in [0.15, 0.2) is 0 Å². The number of Topliss-reactive ketones (excluding diaryl/α,β-unsaturated/α-hetero) is 2. The molecule has 0 unspecified atom stereocenters. The third-order valence-electron chi connectivity index (χ3n) is 1.32. The Balaban J connectivity index is -0.000000249. The van der Waals surface area contributed by atoms with Gasteiger partial charge in [0.2, 0.25) is 5.91 Å². The number of nitrogens with one attached hydrogen (secondary N) is 1. The molecule has 0 spiro atoms. The van der Waals surface area contributed by atoms with Gasteiger partial charge in [0, 0.05) is 0 Å². The smallest absolute Gasteiger partial charge is 0.230 e. The Morgan fingerprint density at radius 2 is 1.38 bits per heavy atom. The Morgan fingerprint density at radius 3 is 1.62 bits per heavy atom. The normalized spacial score (nSPS) is 7.71. The Kier molecular flexibility index (Phi) is 27.7. The number of carbonyl (C=O) groups is 3. The molecule has 0 rings (SSSR count). The third-order valence-corrected chi connectivity index (χ3v) is 3.71. The van der Waals surface area contributed by atoms with Crippen molar-refractivity contribution in [3.63, 3.8) is 0 Å². The van der Waals surface area contributed by atoms with Crippen molar-refractivity contribution >= 4 is 85.2 Å². The Hall–Kier alpha value is 0.0800. The van der Waals surface area contributed by atoms with Crippen LogP contribution < -0.4 is 11.1 Å². The van der Waals surface area contributed by atoms with Crippen LogP contribution in [0.5, 0.6) is 0 Å². The molecule has 0 bridgehead atoms. The molecule has 0 saturated carbocycles. The second-order valence-corrected chi connectivity index (χ2v) is 5.33. The number of ketones is 2. The van der Waals surface area contributed by atoms with Crippen LogP contribution in [0.1, 0.15) is 6.42 Å². The lowest BCUT2D eigenvalue weighted by atomic mass is 10.2. The van der Waals surface area contributed by atoms with Gasteiger partial charge < -0.3 is 11.1 Å². The highest BCUT2D eigenvalue weighted by atomic mass is 127. The van der Waals surface area contributed by atoms with Gasteiger partial charge in [0.25, 0.3) is 0 Å². The van der Waals surface area contributed by atoms with Crippen molar-refractivity contribution in [1.29, 1.82) is 0 Å². The first kappa shape index (κ1) is 26.0. The lowest BCUT2D eigenvalue weighted by Crippen LogP contribution is -2.23. The Bertz CT molecular complexity index is 373. The number of carbonyl (C=O) groups excluding carboxylic acids is 3. The fraction of sp³-hybridized carbons (Fsp3) is 0.462. The zero-order valence-electron chi connectivity index (χ0n) is 11.3. The zero-order chi connectivity index (χ0) is 17.1. The maximum absolute atomic E-state index is 10.5. The number of amides is 1. The highest BCUT2D eigenvalue weighted by Crippen LogP contribution is 1.94. The van der Waals surface area contributed by atoms with Gasteiger partial charge in [-0.1, -0.05) is 79.6 Å². The standard InChI is InChI=1S/C5H6I2O2.C5H6INO.C3H5N/c6-2-4(8)1-5(9)3-7;1-2-3-7-5(8)4-6;1-2-3-4/h1-3H2;1H,3-4H2,(H,7,8);1H,3-4H2. The minimum atomic E-state index is -0.0106. The SMILES string of the molecule is C#CCN.C#CCNC(=O)CI.O=C(CI)CC(=O)CI. The molecule has 0 aromatic heterocycles. The molecule has 0 aliphatic carbocycles. The highest BCUT2D eigenvalue weighted by molar-refractivity contribution is 14.1. The van der Waals surface area contributed by atoms with E-state index in [9.17, 15) is 14.4 Å². The van der Waals surface area contributed by atoms with Crippen molar-refractivity contribution < 1.29 is 14.4 Å². The van der Waals surface area contributed by atoms with E-state index in [1.807, 2.05) is 67.8 Å². The van der Waals surface area contributed by atoms with Crippen molar-refractivity contribution in [1.82, 2.24) is 5.32 Å². The molecule has 0 heterocycles. The molecule has 0 aliphatic heterocycles. The predicted octanol–water partition coefficient (Wildman–Crippen LogP) is 1.13. The van der Waals surface area contributed by atoms with Crippen molar-refractivity contribution in [3.8, 4) is 24.7 Å². The quantitative estimate of drug-likeness (QED) is 0.200. The number of terminal acetylenes is 2. The molecule has 0 aromatic carbocycles. The number of hydrogen-bond acceptors (Lipinski definition) is 4. The lowest BCUT2D eigenvalue weighted by Gasteiger charge is -1.92. The maximum Gasteiger partial charge on any atom is 0.230 e. The average Bonchev–Trinajstić information content (AvgIpc) is 2.52. The molecule has 0 atom stereocenters. The molecule has 0 aliphatic rings. The van der Waals surface area contributed by atoms with Gasteiger partial charge >= 0.3 is 0 Å². The van der Waals surface area contributed by atoms with Gasteiger partial charge in [0.15, 0.2) is 0 Å². The number of hydrogen-bond donors (Lipinski definition) is 2. The maximum atomic E-state index is 10.5. The number of rotatable bonds is 6. The highest BCUT2D eigenvalue weighted by Gasteiger charge is 2.04. The van der Waals surface area contributed by atoms with Gasteiger partial charge in [-0.3, -0.25) is 14.4 Å². The van der Waals surface area contributed by atoms with E-state index < -0.39 is 0 Å². The summed E-state index contributed by atoms with van der Waals surface area (Å²) in [7, 11) is 0. The summed E-state index contributed by atoms with van der Waals surface area (Å²) >= 11 is 5.89. The van der Waals surface area contributed by atoms with Crippen LogP contribution in [0.2, 0.25) is 0 Å². The lowest BCUT2D eigenvalue weighted by molar-refractivity contribution is -0.124. The second kappa shape index (κ2) is 22.4. The van der Waals surface area contributed by atoms with Crippen molar-refractivity contribution in [2.45, 2.75) is 6.42 Å². The molecular formula is C13H17I3N2O3. The molecular weight excluding hydrogens is 613 g/mol. The summed E-state index contributed by atoms with van der Waals surface area (Å²) in [6.45, 7) is 0.682. The zero-order valence-corrected chi connectivity index (χ0v) is 17.8. The van der Waals surface area contributed by atoms with Gasteiger partial charge in [-0.15, -0.1) is 12.8 Å². The average molecular weight is 630 g/mol. The molecule has 1 amide bonds. The summed E-state index contributed by atoms with van der Waals surface area (Å²) < 4.78 is 1.36. The van der Waals surface area contributed by atoms with Gasteiger partial charge in [0.05, 0.1) is 32.8 Å². The minimum absolute atomic E-state index is 0.0106. The number of alkyl halides is 3. The molecule has 0 fully saturated rings.